The van der Waals surface area contributed by atoms with E-state index in [1.54, 1.807) is 12.1 Å². The van der Waals surface area contributed by atoms with Gasteiger partial charge in [-0.15, -0.1) is 0 Å². The number of rotatable bonds is 4. The van der Waals surface area contributed by atoms with Gasteiger partial charge in [0.15, 0.2) is 15.3 Å². The van der Waals surface area contributed by atoms with Crippen LogP contribution in [0.3, 0.4) is 0 Å². The largest absolute Gasteiger partial charge is 0.508 e. The molecule has 1 aromatic carbocycles. The number of sulfone groups is 1. The van der Waals surface area contributed by atoms with Crippen LogP contribution in [-0.4, -0.2) is 37.4 Å². The second-order valence-corrected chi connectivity index (χ2v) is 5.56. The number of ether oxygens (including phenoxy) is 1. The van der Waals surface area contributed by atoms with E-state index in [4.69, 9.17) is 4.74 Å². The third-order valence-electron chi connectivity index (χ3n) is 2.17. The van der Waals surface area contributed by atoms with Crippen LogP contribution in [0, 0.1) is 0 Å². The Hall–Kier alpha value is -1.11. The molecule has 2 N–H and O–H groups in total. The molecular formula is C10H14O5S. The molecule has 0 aromatic heterocycles. The summed E-state index contributed by atoms with van der Waals surface area (Å²) < 4.78 is 27.4. The first kappa shape index (κ1) is 13.0. The lowest BCUT2D eigenvalue weighted by Gasteiger charge is -2.20. The molecule has 2 atom stereocenters. The van der Waals surface area contributed by atoms with E-state index in [1.165, 1.54) is 19.2 Å². The molecule has 0 saturated heterocycles. The molecule has 6 heteroatoms. The van der Waals surface area contributed by atoms with E-state index in [1.807, 2.05) is 0 Å². The van der Waals surface area contributed by atoms with Crippen molar-refractivity contribution in [1.29, 1.82) is 0 Å². The minimum atomic E-state index is -3.56. The van der Waals surface area contributed by atoms with Crippen molar-refractivity contribution in [2.45, 2.75) is 11.5 Å². The summed E-state index contributed by atoms with van der Waals surface area (Å²) in [5.41, 5.74) is -1.26. The van der Waals surface area contributed by atoms with Crippen molar-refractivity contribution < 1.29 is 23.4 Å². The Bertz CT molecular complexity index is 454. The van der Waals surface area contributed by atoms with Crippen molar-refractivity contribution in [3.05, 3.63) is 29.8 Å². The highest BCUT2D eigenvalue weighted by Crippen LogP contribution is 2.28. The second-order valence-electron chi connectivity index (χ2n) is 3.44. The van der Waals surface area contributed by atoms with Crippen LogP contribution < -0.4 is 0 Å². The van der Waals surface area contributed by atoms with Gasteiger partial charge in [0, 0.05) is 18.9 Å². The van der Waals surface area contributed by atoms with E-state index in [-0.39, 0.29) is 11.3 Å². The van der Waals surface area contributed by atoms with E-state index in [9.17, 15) is 18.6 Å². The monoisotopic (exact) mass is 246 g/mol. The Morgan fingerprint density at radius 1 is 1.31 bits per heavy atom. The van der Waals surface area contributed by atoms with Gasteiger partial charge in [-0.05, 0) is 6.07 Å². The van der Waals surface area contributed by atoms with Gasteiger partial charge in [0.1, 0.15) is 11.9 Å². The van der Waals surface area contributed by atoms with Gasteiger partial charge in [-0.3, -0.25) is 0 Å². The van der Waals surface area contributed by atoms with Gasteiger partial charge in [0.25, 0.3) is 0 Å². The highest BCUT2D eigenvalue weighted by molar-refractivity contribution is 7.91. The highest BCUT2D eigenvalue weighted by Gasteiger charge is 2.31. The van der Waals surface area contributed by atoms with Gasteiger partial charge in [-0.25, -0.2) is 8.42 Å². The van der Waals surface area contributed by atoms with Crippen molar-refractivity contribution in [3.8, 4) is 5.75 Å². The summed E-state index contributed by atoms with van der Waals surface area (Å²) >= 11 is 0. The lowest BCUT2D eigenvalue weighted by molar-refractivity contribution is 0.0344. The Morgan fingerprint density at radius 3 is 2.31 bits per heavy atom. The predicted molar refractivity (Wildman–Crippen MR) is 58.7 cm³/mol. The number of hydrogen-bond donors (Lipinski definition) is 2. The summed E-state index contributed by atoms with van der Waals surface area (Å²) in [6, 6.07) is 5.98. The number of para-hydroxylation sites is 1. The van der Waals surface area contributed by atoms with Gasteiger partial charge < -0.3 is 14.9 Å². The fraction of sp³-hybridized carbons (Fsp3) is 0.400. The van der Waals surface area contributed by atoms with Gasteiger partial charge in [-0.2, -0.15) is 0 Å². The Labute approximate surface area is 94.2 Å². The molecule has 5 nitrogen and oxygen atoms in total. The quantitative estimate of drug-likeness (QED) is 0.805. The van der Waals surface area contributed by atoms with Gasteiger partial charge in [0.2, 0.25) is 0 Å². The Kier molecular flexibility index (Phi) is 3.90. The molecule has 0 heterocycles. The van der Waals surface area contributed by atoms with E-state index >= 15 is 0 Å². The lowest BCUT2D eigenvalue weighted by Crippen LogP contribution is -2.29. The summed E-state index contributed by atoms with van der Waals surface area (Å²) in [4.78, 5) is 0. The van der Waals surface area contributed by atoms with E-state index in [0.29, 0.717) is 0 Å². The van der Waals surface area contributed by atoms with Crippen molar-refractivity contribution in [1.82, 2.24) is 0 Å². The molecule has 0 aliphatic carbocycles. The SMILES string of the molecule is COC(C(O)c1ccccc1O)S(C)(=O)=O. The molecule has 0 aliphatic heterocycles. The molecule has 0 spiro atoms. The molecule has 0 fully saturated rings. The number of aliphatic hydroxyl groups excluding tert-OH is 1. The van der Waals surface area contributed by atoms with E-state index < -0.39 is 21.4 Å². The smallest absolute Gasteiger partial charge is 0.188 e. The molecule has 1 rings (SSSR count). The zero-order chi connectivity index (χ0) is 12.3. The first-order chi connectivity index (χ1) is 7.38. The number of aromatic hydroxyl groups is 1. The highest BCUT2D eigenvalue weighted by atomic mass is 32.2. The van der Waals surface area contributed by atoms with Crippen LogP contribution in [-0.2, 0) is 14.6 Å². The van der Waals surface area contributed by atoms with Crippen LogP contribution in [0.2, 0.25) is 0 Å². The molecule has 1 aromatic rings. The molecule has 90 valence electrons. The van der Waals surface area contributed by atoms with Crippen molar-refractivity contribution in [3.63, 3.8) is 0 Å². The number of benzene rings is 1. The summed E-state index contributed by atoms with van der Waals surface area (Å²) in [5.74, 6) is -0.166. The van der Waals surface area contributed by atoms with Gasteiger partial charge in [-0.1, -0.05) is 18.2 Å². The fourth-order valence-corrected chi connectivity index (χ4v) is 2.39. The molecular weight excluding hydrogens is 232 g/mol. The summed E-state index contributed by atoms with van der Waals surface area (Å²) in [5, 5.41) is 19.3. The minimum Gasteiger partial charge on any atom is -0.508 e. The third-order valence-corrected chi connectivity index (χ3v) is 3.46. The van der Waals surface area contributed by atoms with Crippen LogP contribution in [0.1, 0.15) is 11.7 Å². The molecule has 16 heavy (non-hydrogen) atoms. The Balaban J connectivity index is 3.10. The predicted octanol–water partition coefficient (Wildman–Crippen LogP) is 0.443. The van der Waals surface area contributed by atoms with E-state index in [2.05, 4.69) is 0 Å². The third kappa shape index (κ3) is 2.72. The molecule has 0 bridgehead atoms. The van der Waals surface area contributed by atoms with E-state index in [0.717, 1.165) is 6.26 Å². The lowest BCUT2D eigenvalue weighted by atomic mass is 10.1. The first-order valence-electron chi connectivity index (χ1n) is 4.55. The van der Waals surface area contributed by atoms with Crippen LogP contribution in [0.4, 0.5) is 0 Å². The maximum atomic E-state index is 11.3. The maximum Gasteiger partial charge on any atom is 0.188 e. The number of hydrogen-bond acceptors (Lipinski definition) is 5. The van der Waals surface area contributed by atoms with Crippen LogP contribution in [0.5, 0.6) is 5.75 Å². The zero-order valence-electron chi connectivity index (χ0n) is 8.99. The van der Waals surface area contributed by atoms with Crippen LogP contribution in [0.15, 0.2) is 24.3 Å². The average molecular weight is 246 g/mol. The van der Waals surface area contributed by atoms with Crippen LogP contribution >= 0.6 is 0 Å². The Morgan fingerprint density at radius 2 is 1.88 bits per heavy atom. The van der Waals surface area contributed by atoms with Crippen molar-refractivity contribution in [2.24, 2.45) is 0 Å². The average Bonchev–Trinajstić information content (AvgIpc) is 2.17. The first-order valence-corrected chi connectivity index (χ1v) is 6.51. The van der Waals surface area contributed by atoms with Crippen molar-refractivity contribution >= 4 is 9.84 Å². The summed E-state index contributed by atoms with van der Waals surface area (Å²) in [6.45, 7) is 0. The number of phenolic OH excluding ortho intramolecular Hbond substituents is 1. The maximum absolute atomic E-state index is 11.3. The summed E-state index contributed by atoms with van der Waals surface area (Å²) in [7, 11) is -2.37. The standard InChI is InChI=1S/C10H14O5S/c1-15-10(16(2,13)14)9(12)7-5-3-4-6-8(7)11/h3-6,9-12H,1-2H3. The topological polar surface area (TPSA) is 83.8 Å². The molecule has 0 radical (unpaired) electrons. The zero-order valence-corrected chi connectivity index (χ0v) is 9.81. The number of methoxy groups -OCH3 is 1. The second kappa shape index (κ2) is 4.82. The van der Waals surface area contributed by atoms with Crippen molar-refractivity contribution in [2.75, 3.05) is 13.4 Å². The van der Waals surface area contributed by atoms with Crippen LogP contribution in [0.25, 0.3) is 0 Å². The normalized spacial score (nSPS) is 15.7. The molecule has 0 aliphatic rings. The number of phenols is 1. The molecule has 0 saturated carbocycles. The number of aliphatic hydroxyl groups is 1. The molecule has 0 amide bonds. The van der Waals surface area contributed by atoms with Gasteiger partial charge >= 0.3 is 0 Å². The fourth-order valence-electron chi connectivity index (χ4n) is 1.42. The van der Waals surface area contributed by atoms with Gasteiger partial charge in [0.05, 0.1) is 0 Å². The molecule has 2 unspecified atom stereocenters. The summed E-state index contributed by atoms with van der Waals surface area (Å²) in [6.07, 6.45) is -0.453. The minimum absolute atomic E-state index is 0.125.